The molecule has 2 unspecified atom stereocenters. The molecule has 2 atom stereocenters. The molecule has 0 aliphatic carbocycles. The fourth-order valence-electron chi connectivity index (χ4n) is 0.558. The number of hydrogen-bond donors (Lipinski definition) is 1. The second-order valence-corrected chi connectivity index (χ2v) is 3.97. The molecule has 0 radical (unpaired) electrons. The summed E-state index contributed by atoms with van der Waals surface area (Å²) in [6, 6.07) is 0. The minimum atomic E-state index is -0.144. The van der Waals surface area contributed by atoms with Crippen molar-refractivity contribution in [3.8, 4) is 0 Å². The largest absolute Gasteiger partial charge is 0.393 e. The number of hydrogen-bond acceptors (Lipinski definition) is 2. The zero-order valence-electron chi connectivity index (χ0n) is 7.13. The molecular formula is C8H18OS. The van der Waals surface area contributed by atoms with E-state index in [1.807, 2.05) is 18.7 Å². The molecule has 0 heterocycles. The van der Waals surface area contributed by atoms with Crippen molar-refractivity contribution in [2.75, 3.05) is 11.5 Å². The summed E-state index contributed by atoms with van der Waals surface area (Å²) in [5.41, 5.74) is 0. The van der Waals surface area contributed by atoms with Gasteiger partial charge in [0.15, 0.2) is 0 Å². The summed E-state index contributed by atoms with van der Waals surface area (Å²) in [5, 5.41) is 8.92. The van der Waals surface area contributed by atoms with Gasteiger partial charge in [-0.3, -0.25) is 0 Å². The molecule has 0 rings (SSSR count). The van der Waals surface area contributed by atoms with Crippen LogP contribution in [0.1, 0.15) is 27.2 Å². The molecule has 62 valence electrons. The van der Waals surface area contributed by atoms with Gasteiger partial charge in [0, 0.05) is 5.75 Å². The van der Waals surface area contributed by atoms with Crippen LogP contribution in [0.25, 0.3) is 0 Å². The van der Waals surface area contributed by atoms with E-state index >= 15 is 0 Å². The second kappa shape index (κ2) is 6.05. The molecular weight excluding hydrogens is 144 g/mol. The fourth-order valence-corrected chi connectivity index (χ4v) is 1.67. The monoisotopic (exact) mass is 162 g/mol. The summed E-state index contributed by atoms with van der Waals surface area (Å²) in [5.74, 6) is 2.86. The van der Waals surface area contributed by atoms with Crippen molar-refractivity contribution in [3.05, 3.63) is 0 Å². The third-order valence-electron chi connectivity index (χ3n) is 1.46. The minimum Gasteiger partial charge on any atom is -0.393 e. The van der Waals surface area contributed by atoms with E-state index in [1.54, 1.807) is 0 Å². The zero-order valence-corrected chi connectivity index (χ0v) is 7.95. The van der Waals surface area contributed by atoms with Gasteiger partial charge in [-0.2, -0.15) is 11.8 Å². The topological polar surface area (TPSA) is 20.2 Å². The van der Waals surface area contributed by atoms with Crippen LogP contribution in [0.15, 0.2) is 0 Å². The van der Waals surface area contributed by atoms with Gasteiger partial charge in [0.05, 0.1) is 6.10 Å². The van der Waals surface area contributed by atoms with Crippen molar-refractivity contribution in [1.82, 2.24) is 0 Å². The van der Waals surface area contributed by atoms with E-state index in [0.29, 0.717) is 0 Å². The van der Waals surface area contributed by atoms with E-state index in [-0.39, 0.29) is 6.10 Å². The molecule has 1 N–H and O–H groups in total. The first-order valence-corrected chi connectivity index (χ1v) is 5.08. The predicted octanol–water partition coefficient (Wildman–Crippen LogP) is 2.15. The SMILES string of the molecule is CCC(C)CSCC(C)O. The quantitative estimate of drug-likeness (QED) is 0.668. The van der Waals surface area contributed by atoms with Gasteiger partial charge in [-0.15, -0.1) is 0 Å². The van der Waals surface area contributed by atoms with Crippen LogP contribution in [0, 0.1) is 5.92 Å². The van der Waals surface area contributed by atoms with Crippen molar-refractivity contribution in [1.29, 1.82) is 0 Å². The highest BCUT2D eigenvalue weighted by Gasteiger charge is 2.00. The van der Waals surface area contributed by atoms with Crippen LogP contribution in [-0.4, -0.2) is 22.7 Å². The van der Waals surface area contributed by atoms with Crippen LogP contribution in [-0.2, 0) is 0 Å². The fraction of sp³-hybridized carbons (Fsp3) is 1.00. The molecule has 2 heteroatoms. The molecule has 0 saturated heterocycles. The molecule has 0 spiro atoms. The minimum absolute atomic E-state index is 0.144. The molecule has 10 heavy (non-hydrogen) atoms. The molecule has 1 nitrogen and oxygen atoms in total. The first-order valence-electron chi connectivity index (χ1n) is 3.92. The van der Waals surface area contributed by atoms with Crippen molar-refractivity contribution in [2.45, 2.75) is 33.3 Å². The summed E-state index contributed by atoms with van der Waals surface area (Å²) < 4.78 is 0. The highest BCUT2D eigenvalue weighted by molar-refractivity contribution is 7.99. The van der Waals surface area contributed by atoms with Gasteiger partial charge in [0.2, 0.25) is 0 Å². The van der Waals surface area contributed by atoms with Crippen LogP contribution >= 0.6 is 11.8 Å². The highest BCUT2D eigenvalue weighted by Crippen LogP contribution is 2.11. The molecule has 0 aromatic heterocycles. The first-order chi connectivity index (χ1) is 4.66. The molecule has 0 saturated carbocycles. The van der Waals surface area contributed by atoms with Crippen LogP contribution < -0.4 is 0 Å². The maximum absolute atomic E-state index is 8.92. The lowest BCUT2D eigenvalue weighted by atomic mass is 10.2. The van der Waals surface area contributed by atoms with Gasteiger partial charge in [-0.1, -0.05) is 20.3 Å². The number of rotatable bonds is 5. The Hall–Kier alpha value is 0.310. The Morgan fingerprint density at radius 3 is 2.30 bits per heavy atom. The Balaban J connectivity index is 3.03. The lowest BCUT2D eigenvalue weighted by Crippen LogP contribution is -2.05. The molecule has 0 amide bonds. The predicted molar refractivity (Wildman–Crippen MR) is 48.5 cm³/mol. The highest BCUT2D eigenvalue weighted by atomic mass is 32.2. The lowest BCUT2D eigenvalue weighted by molar-refractivity contribution is 0.220. The van der Waals surface area contributed by atoms with E-state index in [1.165, 1.54) is 12.2 Å². The van der Waals surface area contributed by atoms with Gasteiger partial charge in [0.1, 0.15) is 0 Å². The third kappa shape index (κ3) is 6.43. The van der Waals surface area contributed by atoms with Crippen LogP contribution in [0.4, 0.5) is 0 Å². The van der Waals surface area contributed by atoms with E-state index in [0.717, 1.165) is 11.7 Å². The third-order valence-corrected chi connectivity index (χ3v) is 2.98. The van der Waals surface area contributed by atoms with Gasteiger partial charge >= 0.3 is 0 Å². The molecule has 0 fully saturated rings. The van der Waals surface area contributed by atoms with Gasteiger partial charge in [-0.05, 0) is 18.6 Å². The molecule has 0 aromatic rings. The average molecular weight is 162 g/mol. The van der Waals surface area contributed by atoms with Gasteiger partial charge < -0.3 is 5.11 Å². The summed E-state index contributed by atoms with van der Waals surface area (Å²) in [4.78, 5) is 0. The van der Waals surface area contributed by atoms with Crippen molar-refractivity contribution in [2.24, 2.45) is 5.92 Å². The van der Waals surface area contributed by atoms with E-state index < -0.39 is 0 Å². The smallest absolute Gasteiger partial charge is 0.0602 e. The Bertz CT molecular complexity index is 73.7. The summed E-state index contributed by atoms with van der Waals surface area (Å²) in [7, 11) is 0. The molecule has 0 aliphatic rings. The Labute approximate surface area is 68.2 Å². The Morgan fingerprint density at radius 1 is 1.30 bits per heavy atom. The Kier molecular flexibility index (Phi) is 6.24. The number of aliphatic hydroxyl groups is 1. The summed E-state index contributed by atoms with van der Waals surface area (Å²) in [6.45, 7) is 6.28. The Morgan fingerprint density at radius 2 is 1.90 bits per heavy atom. The number of aliphatic hydroxyl groups excluding tert-OH is 1. The van der Waals surface area contributed by atoms with Gasteiger partial charge in [0.25, 0.3) is 0 Å². The van der Waals surface area contributed by atoms with Crippen LogP contribution in [0.2, 0.25) is 0 Å². The van der Waals surface area contributed by atoms with Crippen molar-refractivity contribution in [3.63, 3.8) is 0 Å². The van der Waals surface area contributed by atoms with E-state index in [2.05, 4.69) is 13.8 Å². The van der Waals surface area contributed by atoms with Crippen LogP contribution in [0.3, 0.4) is 0 Å². The average Bonchev–Trinajstić information content (AvgIpc) is 1.87. The first kappa shape index (κ1) is 10.3. The molecule has 0 bridgehead atoms. The zero-order chi connectivity index (χ0) is 7.98. The standard InChI is InChI=1S/C8H18OS/c1-4-7(2)5-10-6-8(3)9/h7-9H,4-6H2,1-3H3. The van der Waals surface area contributed by atoms with E-state index in [4.69, 9.17) is 5.11 Å². The normalized spacial score (nSPS) is 16.8. The van der Waals surface area contributed by atoms with Gasteiger partial charge in [-0.25, -0.2) is 0 Å². The maximum Gasteiger partial charge on any atom is 0.0602 e. The lowest BCUT2D eigenvalue weighted by Gasteiger charge is -2.08. The molecule has 0 aromatic carbocycles. The number of thioether (sulfide) groups is 1. The van der Waals surface area contributed by atoms with E-state index in [9.17, 15) is 0 Å². The summed E-state index contributed by atoms with van der Waals surface area (Å²) in [6.07, 6.45) is 1.10. The maximum atomic E-state index is 8.92. The van der Waals surface area contributed by atoms with Crippen molar-refractivity contribution < 1.29 is 5.11 Å². The second-order valence-electron chi connectivity index (χ2n) is 2.90. The van der Waals surface area contributed by atoms with Crippen LogP contribution in [0.5, 0.6) is 0 Å². The molecule has 0 aliphatic heterocycles. The van der Waals surface area contributed by atoms with Crippen molar-refractivity contribution >= 4 is 11.8 Å². The summed E-state index contributed by atoms with van der Waals surface area (Å²) >= 11 is 1.84.